The van der Waals surface area contributed by atoms with Crippen LogP contribution in [0.1, 0.15) is 0 Å². The number of aliphatic hydroxyl groups excluding tert-OH is 10. The van der Waals surface area contributed by atoms with Crippen molar-refractivity contribution in [2.75, 3.05) is 26.4 Å². The van der Waals surface area contributed by atoms with Crippen LogP contribution in [0.2, 0.25) is 0 Å². The van der Waals surface area contributed by atoms with Crippen LogP contribution >= 0.6 is 0 Å². The van der Waals surface area contributed by atoms with Crippen LogP contribution in [0.15, 0.2) is 0 Å². The van der Waals surface area contributed by atoms with Crippen molar-refractivity contribution in [2.45, 2.75) is 36.6 Å². The van der Waals surface area contributed by atoms with Crippen molar-refractivity contribution in [3.63, 3.8) is 0 Å². The monoisotopic (exact) mass is 378 g/mol. The number of aliphatic hydroxyl groups is 10. The van der Waals surface area contributed by atoms with Crippen molar-refractivity contribution in [1.82, 2.24) is 0 Å². The second kappa shape index (κ2) is 15.2. The Bertz CT molecular complexity index is 329. The summed E-state index contributed by atoms with van der Waals surface area (Å²) in [4.78, 5) is 21.0. The highest BCUT2D eigenvalue weighted by atomic mass is 16.4. The van der Waals surface area contributed by atoms with E-state index in [4.69, 9.17) is 51.1 Å². The van der Waals surface area contributed by atoms with E-state index in [0.717, 1.165) is 0 Å². The van der Waals surface area contributed by atoms with Gasteiger partial charge in [-0.25, -0.2) is 0 Å². The van der Waals surface area contributed by atoms with Crippen molar-refractivity contribution in [3.05, 3.63) is 0 Å². The Kier molecular flexibility index (Phi) is 17.4. The number of carbonyl (C=O) groups excluding carboxylic acids is 2. The van der Waals surface area contributed by atoms with Crippen LogP contribution in [0.4, 0.5) is 0 Å². The summed E-state index contributed by atoms with van der Waals surface area (Å²) in [5.41, 5.74) is 0. The molecule has 0 spiro atoms. The lowest BCUT2D eigenvalue weighted by atomic mass is 10.1. The maximum Gasteiger partial charge on any atom is 0.189 e. The van der Waals surface area contributed by atoms with E-state index >= 15 is 0 Å². The van der Waals surface area contributed by atoms with Crippen molar-refractivity contribution >= 4 is 11.6 Å². The minimum atomic E-state index is -1.86. The van der Waals surface area contributed by atoms with Gasteiger partial charge in [-0.15, -0.1) is 0 Å². The lowest BCUT2D eigenvalue weighted by Gasteiger charge is -2.19. The van der Waals surface area contributed by atoms with E-state index in [1.165, 1.54) is 0 Å². The number of hydrogen-bond acceptors (Lipinski definition) is 12. The molecule has 0 rings (SSSR count). The minimum Gasteiger partial charge on any atom is -0.412 e. The highest BCUT2D eigenvalue weighted by molar-refractivity contribution is 5.84. The Hall–Kier alpha value is -1.10. The fourth-order valence-corrected chi connectivity index (χ4v) is 1.20. The lowest BCUT2D eigenvalue weighted by Crippen LogP contribution is -2.44. The second-order valence-electron chi connectivity index (χ2n) is 4.62. The largest absolute Gasteiger partial charge is 0.412 e. The van der Waals surface area contributed by atoms with Crippen LogP contribution in [0.5, 0.6) is 0 Å². The third kappa shape index (κ3) is 10.5. The number of Topliss-reactive ketones (excluding diaryl/α,β-unsaturated/α-hetero) is 2. The molecule has 12 N–H and O–H groups in total. The van der Waals surface area contributed by atoms with Gasteiger partial charge in [0.05, 0.1) is 13.2 Å². The van der Waals surface area contributed by atoms with Crippen molar-refractivity contribution < 1.29 is 66.1 Å². The van der Waals surface area contributed by atoms with Crippen molar-refractivity contribution in [3.8, 4) is 0 Å². The van der Waals surface area contributed by atoms with E-state index < -0.39 is 74.6 Å². The van der Waals surface area contributed by atoms with E-state index in [0.29, 0.717) is 0 Å². The molecule has 6 atom stereocenters. The summed E-state index contributed by atoms with van der Waals surface area (Å²) in [6.45, 7) is -3.37. The van der Waals surface area contributed by atoms with Crippen molar-refractivity contribution in [1.29, 1.82) is 0 Å². The quantitative estimate of drug-likeness (QED) is 0.170. The predicted molar refractivity (Wildman–Crippen MR) is 78.0 cm³/mol. The standard InChI is InChI=1S/2C6H12O6.H2O/c2*7-1-3(9)5(11)6(12)4(10)2-8;/h2*3,5-9,11-12H,1-2H2;1H2/t2*3-,5+,6+;/m00./s1. The van der Waals surface area contributed by atoms with Crippen molar-refractivity contribution in [2.24, 2.45) is 0 Å². The first-order valence-corrected chi connectivity index (χ1v) is 6.66. The molecule has 0 radical (unpaired) electrons. The first kappa shape index (κ1) is 28.7. The lowest BCUT2D eigenvalue weighted by molar-refractivity contribution is -0.143. The van der Waals surface area contributed by atoms with E-state index in [1.54, 1.807) is 0 Å². The van der Waals surface area contributed by atoms with Crippen LogP contribution < -0.4 is 0 Å². The fourth-order valence-electron chi connectivity index (χ4n) is 1.20. The summed E-state index contributed by atoms with van der Waals surface area (Å²) in [5.74, 6) is -2.01. The van der Waals surface area contributed by atoms with Gasteiger partial charge in [0, 0.05) is 0 Å². The van der Waals surface area contributed by atoms with E-state index in [2.05, 4.69) is 0 Å². The van der Waals surface area contributed by atoms with Gasteiger partial charge < -0.3 is 56.5 Å². The number of ketones is 2. The fraction of sp³-hybridized carbons (Fsp3) is 0.833. The van der Waals surface area contributed by atoms with Crippen LogP contribution in [-0.2, 0) is 9.59 Å². The van der Waals surface area contributed by atoms with Crippen LogP contribution in [0.3, 0.4) is 0 Å². The van der Waals surface area contributed by atoms with Gasteiger partial charge in [-0.2, -0.15) is 0 Å². The van der Waals surface area contributed by atoms with Crippen LogP contribution in [0, 0.1) is 0 Å². The molecular weight excluding hydrogens is 352 g/mol. The Morgan fingerprint density at radius 3 is 1.00 bits per heavy atom. The SMILES string of the molecule is O.O=C(CO)[C@@H](O)[C@H](O)[C@@H](O)CO.O=C(CO)[C@@H](O)[C@H](O)[C@@H](O)CO. The smallest absolute Gasteiger partial charge is 0.189 e. The van der Waals surface area contributed by atoms with Crippen LogP contribution in [-0.4, -0.2) is 131 Å². The molecule has 0 bridgehead atoms. The minimum absolute atomic E-state index is 0. The molecule has 13 heteroatoms. The molecule has 0 fully saturated rings. The van der Waals surface area contributed by atoms with Gasteiger partial charge in [-0.3, -0.25) is 9.59 Å². The number of carbonyl (C=O) groups is 2. The van der Waals surface area contributed by atoms with Gasteiger partial charge >= 0.3 is 0 Å². The van der Waals surface area contributed by atoms with Gasteiger partial charge in [-0.1, -0.05) is 0 Å². The summed E-state index contributed by atoms with van der Waals surface area (Å²) < 4.78 is 0. The van der Waals surface area contributed by atoms with Gasteiger partial charge in [0.2, 0.25) is 0 Å². The molecule has 0 aromatic rings. The highest BCUT2D eigenvalue weighted by Crippen LogP contribution is 2.01. The first-order valence-electron chi connectivity index (χ1n) is 6.66. The Morgan fingerprint density at radius 1 is 0.600 bits per heavy atom. The summed E-state index contributed by atoms with van der Waals surface area (Å²) >= 11 is 0. The molecule has 0 aromatic carbocycles. The van der Waals surface area contributed by atoms with Gasteiger partial charge in [0.1, 0.15) is 49.8 Å². The average Bonchev–Trinajstić information content (AvgIpc) is 2.62. The maximum atomic E-state index is 10.5. The van der Waals surface area contributed by atoms with E-state index in [9.17, 15) is 9.59 Å². The Balaban J connectivity index is -0.000000372. The molecule has 0 saturated carbocycles. The second-order valence-corrected chi connectivity index (χ2v) is 4.62. The molecule has 0 aromatic heterocycles. The van der Waals surface area contributed by atoms with Gasteiger partial charge in [0.15, 0.2) is 11.6 Å². The van der Waals surface area contributed by atoms with Crippen LogP contribution in [0.25, 0.3) is 0 Å². The molecule has 13 nitrogen and oxygen atoms in total. The zero-order valence-corrected chi connectivity index (χ0v) is 13.1. The first-order chi connectivity index (χ1) is 11.1. The molecule has 152 valence electrons. The molecule has 0 saturated heterocycles. The summed E-state index contributed by atoms with van der Waals surface area (Å²) in [7, 11) is 0. The molecule has 0 amide bonds. The molecule has 0 heterocycles. The summed E-state index contributed by atoms with van der Waals surface area (Å²) in [6, 6.07) is 0. The molecule has 0 aliphatic heterocycles. The normalized spacial score (nSPS) is 17.7. The topological polar surface area (TPSA) is 268 Å². The average molecular weight is 378 g/mol. The Morgan fingerprint density at radius 2 is 0.840 bits per heavy atom. The molecule has 0 unspecified atom stereocenters. The highest BCUT2D eigenvalue weighted by Gasteiger charge is 2.29. The van der Waals surface area contributed by atoms with Gasteiger partial charge in [0.25, 0.3) is 0 Å². The molecule has 25 heavy (non-hydrogen) atoms. The molecule has 0 aliphatic carbocycles. The third-order valence-corrected chi connectivity index (χ3v) is 2.78. The maximum absolute atomic E-state index is 10.5. The predicted octanol–water partition coefficient (Wildman–Crippen LogP) is -7.58. The van der Waals surface area contributed by atoms with E-state index in [1.807, 2.05) is 0 Å². The number of rotatable bonds is 10. The Labute approximate surface area is 142 Å². The zero-order chi connectivity index (χ0) is 19.4. The van der Waals surface area contributed by atoms with E-state index in [-0.39, 0.29) is 5.48 Å². The zero-order valence-electron chi connectivity index (χ0n) is 13.1. The summed E-state index contributed by atoms with van der Waals surface area (Å²) in [6.07, 6.45) is -10.4. The molecule has 0 aliphatic rings. The third-order valence-electron chi connectivity index (χ3n) is 2.78. The molecular formula is C12H26O13. The number of hydrogen-bond donors (Lipinski definition) is 10. The van der Waals surface area contributed by atoms with Gasteiger partial charge in [-0.05, 0) is 0 Å². The summed E-state index contributed by atoms with van der Waals surface area (Å²) in [5, 5.41) is 86.1.